The molecule has 0 aliphatic heterocycles. The lowest BCUT2D eigenvalue weighted by molar-refractivity contribution is -0.128. The third-order valence-corrected chi connectivity index (χ3v) is 3.90. The van der Waals surface area contributed by atoms with Crippen molar-refractivity contribution >= 4 is 5.91 Å². The Kier molecular flexibility index (Phi) is 6.52. The van der Waals surface area contributed by atoms with E-state index < -0.39 is 6.10 Å². The molecule has 0 aliphatic rings. The average Bonchev–Trinajstić information content (AvgIpc) is 2.50. The zero-order chi connectivity index (χ0) is 15.0. The van der Waals surface area contributed by atoms with Gasteiger partial charge in [-0.05, 0) is 31.9 Å². The van der Waals surface area contributed by atoms with Gasteiger partial charge in [-0.25, -0.2) is 0 Å². The molecule has 1 aromatic rings. The molecule has 4 heteroatoms. The van der Waals surface area contributed by atoms with Crippen LogP contribution in [-0.2, 0) is 4.79 Å². The maximum Gasteiger partial charge on any atom is 0.260 e. The topological polar surface area (TPSA) is 58.6 Å². The van der Waals surface area contributed by atoms with E-state index >= 15 is 0 Å². The van der Waals surface area contributed by atoms with Gasteiger partial charge in [-0.2, -0.15) is 0 Å². The number of hydrogen-bond donors (Lipinski definition) is 2. The summed E-state index contributed by atoms with van der Waals surface area (Å²) in [6.45, 7) is 6.32. The van der Waals surface area contributed by atoms with E-state index in [0.29, 0.717) is 12.3 Å². The van der Waals surface area contributed by atoms with Crippen LogP contribution in [0.25, 0.3) is 0 Å². The van der Waals surface area contributed by atoms with Gasteiger partial charge < -0.3 is 15.2 Å². The highest BCUT2D eigenvalue weighted by Gasteiger charge is 2.27. The molecule has 0 saturated carbocycles. The zero-order valence-electron chi connectivity index (χ0n) is 12.6. The van der Waals surface area contributed by atoms with Crippen molar-refractivity contribution in [2.24, 2.45) is 5.41 Å². The summed E-state index contributed by atoms with van der Waals surface area (Å²) in [5.41, 5.74) is -0.234. The first-order chi connectivity index (χ1) is 9.56. The molecule has 1 rings (SSSR count). The van der Waals surface area contributed by atoms with Gasteiger partial charge in [-0.1, -0.05) is 32.0 Å². The third-order valence-electron chi connectivity index (χ3n) is 3.90. The fourth-order valence-electron chi connectivity index (χ4n) is 1.95. The number of aliphatic hydroxyl groups is 1. The number of rotatable bonds is 8. The largest absolute Gasteiger partial charge is 0.481 e. The molecule has 1 atom stereocenters. The predicted molar refractivity (Wildman–Crippen MR) is 79.6 cm³/mol. The van der Waals surface area contributed by atoms with Gasteiger partial charge in [0, 0.05) is 12.0 Å². The SMILES string of the molecule is CCC(CC)(CO)CNC(=O)C(C)Oc1ccccc1. The zero-order valence-corrected chi connectivity index (χ0v) is 12.6. The van der Waals surface area contributed by atoms with E-state index in [1.807, 2.05) is 44.2 Å². The maximum absolute atomic E-state index is 12.0. The number of amides is 1. The summed E-state index contributed by atoms with van der Waals surface area (Å²) in [4.78, 5) is 12.0. The first kappa shape index (κ1) is 16.5. The van der Waals surface area contributed by atoms with Crippen molar-refractivity contribution in [3.63, 3.8) is 0 Å². The maximum atomic E-state index is 12.0. The number of nitrogens with one attached hydrogen (secondary N) is 1. The van der Waals surface area contributed by atoms with E-state index in [0.717, 1.165) is 12.8 Å². The van der Waals surface area contributed by atoms with Crippen LogP contribution in [0.2, 0.25) is 0 Å². The predicted octanol–water partition coefficient (Wildman–Crippen LogP) is 2.37. The van der Waals surface area contributed by atoms with Crippen molar-refractivity contribution in [1.29, 1.82) is 0 Å². The molecule has 0 aliphatic carbocycles. The third kappa shape index (κ3) is 4.53. The standard InChI is InChI=1S/C16H25NO3/c1-4-16(5-2,12-18)11-17-15(19)13(3)20-14-9-7-6-8-10-14/h6-10,13,18H,4-5,11-12H2,1-3H3,(H,17,19). The molecule has 1 amide bonds. The molecular weight excluding hydrogens is 254 g/mol. The number of para-hydroxylation sites is 1. The molecule has 1 aromatic carbocycles. The number of carbonyl (C=O) groups is 1. The summed E-state index contributed by atoms with van der Waals surface area (Å²) >= 11 is 0. The molecule has 112 valence electrons. The van der Waals surface area contributed by atoms with Crippen molar-refractivity contribution in [2.45, 2.75) is 39.7 Å². The minimum absolute atomic E-state index is 0.0776. The quantitative estimate of drug-likeness (QED) is 0.768. The summed E-state index contributed by atoms with van der Waals surface area (Å²) in [6.07, 6.45) is 1.10. The molecule has 2 N–H and O–H groups in total. The van der Waals surface area contributed by atoms with E-state index in [1.54, 1.807) is 6.92 Å². The van der Waals surface area contributed by atoms with Crippen LogP contribution in [-0.4, -0.2) is 30.3 Å². The van der Waals surface area contributed by atoms with Crippen molar-refractivity contribution < 1.29 is 14.6 Å². The number of aliphatic hydroxyl groups excluding tert-OH is 1. The van der Waals surface area contributed by atoms with Crippen LogP contribution < -0.4 is 10.1 Å². The molecule has 0 spiro atoms. The summed E-state index contributed by atoms with van der Waals surface area (Å²) in [5.74, 6) is 0.517. The Balaban J connectivity index is 2.50. The Bertz CT molecular complexity index is 393. The van der Waals surface area contributed by atoms with Gasteiger partial charge in [0.1, 0.15) is 5.75 Å². The van der Waals surface area contributed by atoms with E-state index in [4.69, 9.17) is 4.74 Å². The lowest BCUT2D eigenvalue weighted by atomic mass is 9.83. The van der Waals surface area contributed by atoms with Crippen LogP contribution in [0.5, 0.6) is 5.75 Å². The van der Waals surface area contributed by atoms with Crippen molar-refractivity contribution in [3.05, 3.63) is 30.3 Å². The Morgan fingerprint density at radius 2 is 1.90 bits per heavy atom. The highest BCUT2D eigenvalue weighted by Crippen LogP contribution is 2.24. The summed E-state index contributed by atoms with van der Waals surface area (Å²) in [5, 5.41) is 12.4. The smallest absolute Gasteiger partial charge is 0.260 e. The first-order valence-corrected chi connectivity index (χ1v) is 7.17. The first-order valence-electron chi connectivity index (χ1n) is 7.17. The fraction of sp³-hybridized carbons (Fsp3) is 0.562. The van der Waals surface area contributed by atoms with Gasteiger partial charge in [0.05, 0.1) is 6.61 Å². The van der Waals surface area contributed by atoms with E-state index in [9.17, 15) is 9.90 Å². The minimum atomic E-state index is -0.553. The Labute approximate surface area is 121 Å². The molecule has 0 heterocycles. The minimum Gasteiger partial charge on any atom is -0.481 e. The second-order valence-corrected chi connectivity index (χ2v) is 5.16. The second-order valence-electron chi connectivity index (χ2n) is 5.16. The summed E-state index contributed by atoms with van der Waals surface area (Å²) < 4.78 is 5.57. The molecule has 20 heavy (non-hydrogen) atoms. The van der Waals surface area contributed by atoms with Gasteiger partial charge in [-0.3, -0.25) is 4.79 Å². The Morgan fingerprint density at radius 1 is 1.30 bits per heavy atom. The molecule has 1 unspecified atom stereocenters. The van der Waals surface area contributed by atoms with Crippen molar-refractivity contribution in [3.8, 4) is 5.75 Å². The van der Waals surface area contributed by atoms with Crippen LogP contribution in [0.3, 0.4) is 0 Å². The second kappa shape index (κ2) is 7.90. The number of carbonyl (C=O) groups excluding carboxylic acids is 1. The molecule has 0 saturated heterocycles. The fourth-order valence-corrected chi connectivity index (χ4v) is 1.95. The van der Waals surface area contributed by atoms with E-state index in [-0.39, 0.29) is 17.9 Å². The van der Waals surface area contributed by atoms with Gasteiger partial charge in [-0.15, -0.1) is 0 Å². The monoisotopic (exact) mass is 279 g/mol. The van der Waals surface area contributed by atoms with Crippen LogP contribution in [0.4, 0.5) is 0 Å². The highest BCUT2D eigenvalue weighted by molar-refractivity contribution is 5.80. The molecule has 0 fully saturated rings. The van der Waals surface area contributed by atoms with Crippen molar-refractivity contribution in [2.75, 3.05) is 13.2 Å². The lowest BCUT2D eigenvalue weighted by Gasteiger charge is -2.30. The summed E-state index contributed by atoms with van der Waals surface area (Å²) in [6, 6.07) is 9.27. The molecule has 0 radical (unpaired) electrons. The van der Waals surface area contributed by atoms with E-state index in [1.165, 1.54) is 0 Å². The Hall–Kier alpha value is -1.55. The molecular formula is C16H25NO3. The molecule has 0 aromatic heterocycles. The van der Waals surface area contributed by atoms with Gasteiger partial charge in [0.2, 0.25) is 0 Å². The van der Waals surface area contributed by atoms with Gasteiger partial charge in [0.15, 0.2) is 6.10 Å². The lowest BCUT2D eigenvalue weighted by Crippen LogP contribution is -2.44. The van der Waals surface area contributed by atoms with Gasteiger partial charge in [0.25, 0.3) is 5.91 Å². The Morgan fingerprint density at radius 3 is 2.40 bits per heavy atom. The number of benzene rings is 1. The summed E-state index contributed by atoms with van der Waals surface area (Å²) in [7, 11) is 0. The van der Waals surface area contributed by atoms with Crippen LogP contribution in [0.15, 0.2) is 30.3 Å². The average molecular weight is 279 g/mol. The van der Waals surface area contributed by atoms with Crippen molar-refractivity contribution in [1.82, 2.24) is 5.32 Å². The molecule has 4 nitrogen and oxygen atoms in total. The van der Waals surface area contributed by atoms with Crippen LogP contribution in [0.1, 0.15) is 33.6 Å². The van der Waals surface area contributed by atoms with E-state index in [2.05, 4.69) is 5.32 Å². The highest BCUT2D eigenvalue weighted by atomic mass is 16.5. The van der Waals surface area contributed by atoms with Crippen LogP contribution in [0, 0.1) is 5.41 Å². The number of ether oxygens (including phenoxy) is 1. The number of hydrogen-bond acceptors (Lipinski definition) is 3. The van der Waals surface area contributed by atoms with Crippen LogP contribution >= 0.6 is 0 Å². The normalized spacial score (nSPS) is 12.8. The molecule has 0 bridgehead atoms. The van der Waals surface area contributed by atoms with Gasteiger partial charge >= 0.3 is 0 Å².